The van der Waals surface area contributed by atoms with Gasteiger partial charge in [0.05, 0.1) is 26.4 Å². The number of hydrogen-bond acceptors (Lipinski definition) is 10. The van der Waals surface area contributed by atoms with E-state index in [9.17, 15) is 14.4 Å². The molecule has 0 radical (unpaired) electrons. The molecule has 0 N–H and O–H groups in total. The van der Waals surface area contributed by atoms with Crippen LogP contribution in [0.3, 0.4) is 0 Å². The maximum Gasteiger partial charge on any atom is 0.410 e. The molecule has 1 aromatic rings. The average molecular weight is 521 g/mol. The van der Waals surface area contributed by atoms with E-state index in [1.54, 1.807) is 11.7 Å². The number of carbonyl (C=O) groups excluding carboxylic acids is 3. The normalized spacial score (nSPS) is 30.0. The second-order valence-electron chi connectivity index (χ2n) is 10.3. The van der Waals surface area contributed by atoms with Crippen LogP contribution in [0.2, 0.25) is 0 Å². The number of tetrazole rings is 1. The third-order valence-corrected chi connectivity index (χ3v) is 8.09. The first-order valence-corrected chi connectivity index (χ1v) is 13.6. The number of carbonyl (C=O) groups is 3. The monoisotopic (exact) mass is 520 g/mol. The number of fused-ring (bicyclic) bond motifs is 1. The van der Waals surface area contributed by atoms with Crippen LogP contribution in [0.15, 0.2) is 0 Å². The lowest BCUT2D eigenvalue weighted by Crippen LogP contribution is -2.55. The Hall–Kier alpha value is -2.76. The number of aromatic nitrogens is 4. The Morgan fingerprint density at radius 2 is 1.65 bits per heavy atom. The molecule has 0 aromatic carbocycles. The molecule has 1 aromatic heterocycles. The van der Waals surface area contributed by atoms with E-state index in [2.05, 4.69) is 20.3 Å². The van der Waals surface area contributed by atoms with Gasteiger partial charge in [-0.05, 0) is 68.9 Å². The van der Waals surface area contributed by atoms with Crippen molar-refractivity contribution in [3.63, 3.8) is 0 Å². The summed E-state index contributed by atoms with van der Waals surface area (Å²) in [6.07, 6.45) is 4.30. The highest BCUT2D eigenvalue weighted by atomic mass is 16.6. The summed E-state index contributed by atoms with van der Waals surface area (Å²) >= 11 is 0. The van der Waals surface area contributed by atoms with Crippen molar-refractivity contribution in [3.05, 3.63) is 5.82 Å². The Kier molecular flexibility index (Phi) is 8.99. The summed E-state index contributed by atoms with van der Waals surface area (Å²) in [5.41, 5.74) is 0. The Morgan fingerprint density at radius 3 is 2.30 bits per heavy atom. The molecule has 3 fully saturated rings. The van der Waals surface area contributed by atoms with Crippen LogP contribution in [-0.2, 0) is 30.2 Å². The number of ether oxygens (including phenoxy) is 3. The van der Waals surface area contributed by atoms with E-state index in [1.807, 2.05) is 13.8 Å². The SMILES string of the molecule is CCOC(=O)C1CC(n2nnc(CC)n2)CN1CC1CCC2CN(C(=O)OC)C(C(=O)OCC)CC2C1. The molecule has 2 saturated heterocycles. The van der Waals surface area contributed by atoms with E-state index in [0.717, 1.165) is 25.8 Å². The topological polar surface area (TPSA) is 129 Å². The van der Waals surface area contributed by atoms with E-state index in [0.29, 0.717) is 62.5 Å². The van der Waals surface area contributed by atoms with Crippen molar-refractivity contribution in [2.45, 2.75) is 77.4 Å². The minimum atomic E-state index is -0.623. The molecular formula is C25H40N6O6. The van der Waals surface area contributed by atoms with Crippen molar-refractivity contribution in [3.8, 4) is 0 Å². The molecular weight excluding hydrogens is 480 g/mol. The molecule has 3 heterocycles. The molecule has 1 amide bonds. The highest BCUT2D eigenvalue weighted by molar-refractivity contribution is 5.81. The Morgan fingerprint density at radius 1 is 0.919 bits per heavy atom. The Balaban J connectivity index is 1.44. The summed E-state index contributed by atoms with van der Waals surface area (Å²) in [5.74, 6) is 1.11. The number of rotatable bonds is 8. The predicted octanol–water partition coefficient (Wildman–Crippen LogP) is 1.85. The molecule has 1 saturated carbocycles. The van der Waals surface area contributed by atoms with Crippen LogP contribution in [-0.4, -0.2) is 100 Å². The maximum atomic E-state index is 12.8. The van der Waals surface area contributed by atoms with Gasteiger partial charge in [-0.2, -0.15) is 4.80 Å². The lowest BCUT2D eigenvalue weighted by atomic mass is 9.69. The van der Waals surface area contributed by atoms with Gasteiger partial charge in [-0.15, -0.1) is 10.2 Å². The number of esters is 2. The number of methoxy groups -OCH3 is 1. The quantitative estimate of drug-likeness (QED) is 0.370. The summed E-state index contributed by atoms with van der Waals surface area (Å²) in [4.78, 5) is 43.3. The fraction of sp³-hybridized carbons (Fsp3) is 0.840. The standard InChI is InChI=1S/C25H40N6O6/c1-5-22-26-28-31(27-22)19-12-20(23(32)36-6-2)29(15-19)13-16-8-9-17-14-30(25(34)35-4)21(11-18(17)10-16)24(33)37-7-3/h16-21H,5-15H2,1-4H3. The Labute approximate surface area is 218 Å². The van der Waals surface area contributed by atoms with E-state index in [1.165, 1.54) is 12.0 Å². The van der Waals surface area contributed by atoms with Gasteiger partial charge >= 0.3 is 18.0 Å². The largest absolute Gasteiger partial charge is 0.465 e. The van der Waals surface area contributed by atoms with Crippen molar-refractivity contribution < 1.29 is 28.6 Å². The van der Waals surface area contributed by atoms with Crippen LogP contribution in [0.4, 0.5) is 4.79 Å². The van der Waals surface area contributed by atoms with Gasteiger partial charge in [0.15, 0.2) is 5.82 Å². The van der Waals surface area contributed by atoms with Crippen LogP contribution in [0.5, 0.6) is 0 Å². The fourth-order valence-corrected chi connectivity index (χ4v) is 6.31. The lowest BCUT2D eigenvalue weighted by molar-refractivity contribution is -0.153. The molecule has 0 bridgehead atoms. The molecule has 37 heavy (non-hydrogen) atoms. The van der Waals surface area contributed by atoms with Gasteiger partial charge in [-0.3, -0.25) is 14.6 Å². The van der Waals surface area contributed by atoms with Crippen LogP contribution >= 0.6 is 0 Å². The van der Waals surface area contributed by atoms with E-state index < -0.39 is 12.1 Å². The molecule has 12 heteroatoms. The van der Waals surface area contributed by atoms with Gasteiger partial charge in [0.1, 0.15) is 12.1 Å². The smallest absolute Gasteiger partial charge is 0.410 e. The lowest BCUT2D eigenvalue weighted by Gasteiger charge is -2.46. The highest BCUT2D eigenvalue weighted by Gasteiger charge is 2.46. The second-order valence-corrected chi connectivity index (χ2v) is 10.3. The molecule has 2 aliphatic heterocycles. The second kappa shape index (κ2) is 12.2. The molecule has 206 valence electrons. The average Bonchev–Trinajstić information content (AvgIpc) is 3.55. The minimum absolute atomic E-state index is 0.0324. The first kappa shape index (κ1) is 27.3. The third-order valence-electron chi connectivity index (χ3n) is 8.09. The van der Waals surface area contributed by atoms with E-state index in [4.69, 9.17) is 14.2 Å². The summed E-state index contributed by atoms with van der Waals surface area (Å²) < 4.78 is 15.6. The minimum Gasteiger partial charge on any atom is -0.465 e. The molecule has 6 atom stereocenters. The number of likely N-dealkylation sites (tertiary alicyclic amines) is 2. The summed E-state index contributed by atoms with van der Waals surface area (Å²) in [6.45, 7) is 8.12. The Bertz CT molecular complexity index is 956. The van der Waals surface area contributed by atoms with Gasteiger partial charge in [0.25, 0.3) is 0 Å². The van der Waals surface area contributed by atoms with Crippen molar-refractivity contribution >= 4 is 18.0 Å². The first-order chi connectivity index (χ1) is 17.9. The van der Waals surface area contributed by atoms with E-state index >= 15 is 0 Å². The predicted molar refractivity (Wildman–Crippen MR) is 131 cm³/mol. The van der Waals surface area contributed by atoms with Gasteiger partial charge in [0.2, 0.25) is 0 Å². The molecule has 3 aliphatic rings. The number of hydrogen-bond donors (Lipinski definition) is 0. The van der Waals surface area contributed by atoms with Crippen LogP contribution in [0.1, 0.15) is 64.7 Å². The maximum absolute atomic E-state index is 12.8. The molecule has 6 unspecified atom stereocenters. The molecule has 0 spiro atoms. The van der Waals surface area contributed by atoms with Gasteiger partial charge in [-0.1, -0.05) is 6.92 Å². The number of aryl methyl sites for hydroxylation is 1. The zero-order valence-corrected chi connectivity index (χ0v) is 22.4. The number of nitrogens with zero attached hydrogens (tertiary/aromatic N) is 6. The third kappa shape index (κ3) is 6.05. The van der Waals surface area contributed by atoms with Gasteiger partial charge < -0.3 is 14.2 Å². The number of piperidine rings is 1. The molecule has 12 nitrogen and oxygen atoms in total. The summed E-state index contributed by atoms with van der Waals surface area (Å²) in [5, 5.41) is 12.8. The first-order valence-electron chi connectivity index (χ1n) is 13.6. The van der Waals surface area contributed by atoms with Crippen LogP contribution in [0.25, 0.3) is 0 Å². The molecule has 1 aliphatic carbocycles. The van der Waals surface area contributed by atoms with Crippen molar-refractivity contribution in [1.29, 1.82) is 0 Å². The summed E-state index contributed by atoms with van der Waals surface area (Å²) in [6, 6.07) is -0.996. The summed E-state index contributed by atoms with van der Waals surface area (Å²) in [7, 11) is 1.34. The van der Waals surface area contributed by atoms with Crippen molar-refractivity contribution in [1.82, 2.24) is 30.0 Å². The van der Waals surface area contributed by atoms with Crippen molar-refractivity contribution in [2.75, 3.05) is 40.0 Å². The number of amides is 1. The zero-order valence-electron chi connectivity index (χ0n) is 22.4. The highest BCUT2D eigenvalue weighted by Crippen LogP contribution is 2.42. The molecule has 4 rings (SSSR count). The van der Waals surface area contributed by atoms with Crippen molar-refractivity contribution in [2.24, 2.45) is 17.8 Å². The van der Waals surface area contributed by atoms with Gasteiger partial charge in [0, 0.05) is 26.1 Å². The van der Waals surface area contributed by atoms with E-state index in [-0.39, 0.29) is 30.6 Å². The van der Waals surface area contributed by atoms with Crippen LogP contribution < -0.4 is 0 Å². The van der Waals surface area contributed by atoms with Gasteiger partial charge in [-0.25, -0.2) is 9.59 Å². The van der Waals surface area contributed by atoms with Crippen LogP contribution in [0, 0.1) is 17.8 Å². The fourth-order valence-electron chi connectivity index (χ4n) is 6.31. The zero-order chi connectivity index (χ0) is 26.5.